The molecule has 1 aliphatic rings. The van der Waals surface area contributed by atoms with Gasteiger partial charge in [-0.1, -0.05) is 36.8 Å². The van der Waals surface area contributed by atoms with Crippen molar-refractivity contribution in [3.63, 3.8) is 0 Å². The number of amides is 2. The Kier molecular flexibility index (Phi) is 6.23. The first-order chi connectivity index (χ1) is 11.3. The summed E-state index contributed by atoms with van der Waals surface area (Å²) >= 11 is 0. The Morgan fingerprint density at radius 3 is 2.46 bits per heavy atom. The van der Waals surface area contributed by atoms with Crippen LogP contribution >= 0.6 is 0 Å². The minimum absolute atomic E-state index is 0.0901. The summed E-state index contributed by atoms with van der Waals surface area (Å²) < 4.78 is 38.2. The summed E-state index contributed by atoms with van der Waals surface area (Å²) in [7, 11) is 0. The van der Waals surface area contributed by atoms with Crippen LogP contribution in [0.15, 0.2) is 30.3 Å². The summed E-state index contributed by atoms with van der Waals surface area (Å²) in [5, 5.41) is 5.08. The molecule has 1 aliphatic carbocycles. The van der Waals surface area contributed by atoms with E-state index in [0.717, 1.165) is 5.56 Å². The van der Waals surface area contributed by atoms with Crippen LogP contribution in [0, 0.1) is 5.92 Å². The maximum atomic E-state index is 12.7. The number of rotatable bonds is 5. The molecule has 0 spiro atoms. The average Bonchev–Trinajstić information content (AvgIpc) is 2.53. The number of hydrogen-bond acceptors (Lipinski definition) is 2. The second kappa shape index (κ2) is 8.17. The molecule has 1 aromatic carbocycles. The van der Waals surface area contributed by atoms with Crippen LogP contribution in [0.1, 0.15) is 31.2 Å². The van der Waals surface area contributed by atoms with Gasteiger partial charge in [0.2, 0.25) is 11.8 Å². The molecule has 2 amide bonds. The van der Waals surface area contributed by atoms with Gasteiger partial charge in [0.15, 0.2) is 0 Å². The summed E-state index contributed by atoms with van der Waals surface area (Å²) in [5.74, 6) is -2.11. The fourth-order valence-corrected chi connectivity index (χ4v) is 2.92. The molecule has 2 rings (SSSR count). The van der Waals surface area contributed by atoms with Crippen LogP contribution in [0.5, 0.6) is 0 Å². The minimum Gasteiger partial charge on any atom is -0.352 e. The summed E-state index contributed by atoms with van der Waals surface area (Å²) in [5.41, 5.74) is 0.829. The van der Waals surface area contributed by atoms with Gasteiger partial charge in [-0.25, -0.2) is 0 Å². The first kappa shape index (κ1) is 18.3. The third-order valence-corrected chi connectivity index (χ3v) is 4.16. The van der Waals surface area contributed by atoms with Crippen molar-refractivity contribution in [3.05, 3.63) is 35.9 Å². The highest BCUT2D eigenvalue weighted by Gasteiger charge is 2.42. The zero-order valence-electron chi connectivity index (χ0n) is 13.2. The van der Waals surface area contributed by atoms with Gasteiger partial charge in [-0.3, -0.25) is 9.59 Å². The Hall–Kier alpha value is -2.05. The number of hydrogen-bond donors (Lipinski definition) is 2. The molecule has 0 aliphatic heterocycles. The van der Waals surface area contributed by atoms with Crippen molar-refractivity contribution >= 4 is 11.8 Å². The molecular weight excluding hydrogens is 321 g/mol. The Bertz CT molecular complexity index is 561. The lowest BCUT2D eigenvalue weighted by molar-refractivity contribution is -0.184. The Balaban J connectivity index is 1.72. The average molecular weight is 342 g/mol. The summed E-state index contributed by atoms with van der Waals surface area (Å²) in [6, 6.07) is 8.60. The quantitative estimate of drug-likeness (QED) is 0.864. The van der Waals surface area contributed by atoms with Gasteiger partial charge in [0.25, 0.3) is 0 Å². The van der Waals surface area contributed by atoms with Crippen LogP contribution < -0.4 is 10.6 Å². The molecule has 0 saturated heterocycles. The fourth-order valence-electron chi connectivity index (χ4n) is 2.92. The number of nitrogens with one attached hydrogen (secondary N) is 2. The third kappa shape index (κ3) is 5.86. The third-order valence-electron chi connectivity index (χ3n) is 4.16. The topological polar surface area (TPSA) is 58.2 Å². The Morgan fingerprint density at radius 1 is 1.08 bits per heavy atom. The monoisotopic (exact) mass is 342 g/mol. The van der Waals surface area contributed by atoms with Gasteiger partial charge in [0, 0.05) is 6.04 Å². The largest absolute Gasteiger partial charge is 0.391 e. The van der Waals surface area contributed by atoms with Gasteiger partial charge in [-0.15, -0.1) is 0 Å². The van der Waals surface area contributed by atoms with E-state index in [1.54, 1.807) is 12.1 Å². The predicted molar refractivity (Wildman–Crippen MR) is 83.1 cm³/mol. The normalized spacial score (nSPS) is 21.1. The van der Waals surface area contributed by atoms with Crippen LogP contribution in [0.4, 0.5) is 13.2 Å². The lowest BCUT2D eigenvalue weighted by Gasteiger charge is -2.31. The first-order valence-corrected chi connectivity index (χ1v) is 8.01. The molecule has 0 aromatic heterocycles. The fraction of sp³-hybridized carbons (Fsp3) is 0.529. The number of benzene rings is 1. The summed E-state index contributed by atoms with van der Waals surface area (Å²) in [6.07, 6.45) is -3.05. The van der Waals surface area contributed by atoms with Crippen LogP contribution in [0.2, 0.25) is 0 Å². The second-order valence-corrected chi connectivity index (χ2v) is 6.11. The zero-order valence-corrected chi connectivity index (χ0v) is 13.2. The van der Waals surface area contributed by atoms with E-state index in [2.05, 4.69) is 10.6 Å². The van der Waals surface area contributed by atoms with Gasteiger partial charge in [-0.05, 0) is 24.8 Å². The molecule has 24 heavy (non-hydrogen) atoms. The smallest absolute Gasteiger partial charge is 0.352 e. The molecule has 7 heteroatoms. The highest BCUT2D eigenvalue weighted by atomic mass is 19.4. The van der Waals surface area contributed by atoms with Crippen LogP contribution in [0.25, 0.3) is 0 Å². The maximum absolute atomic E-state index is 12.7. The van der Waals surface area contributed by atoms with Crippen molar-refractivity contribution in [1.82, 2.24) is 10.6 Å². The highest BCUT2D eigenvalue weighted by molar-refractivity contribution is 5.85. The molecule has 1 fully saturated rings. The lowest BCUT2D eigenvalue weighted by atomic mass is 9.85. The van der Waals surface area contributed by atoms with E-state index < -0.39 is 24.0 Å². The first-order valence-electron chi connectivity index (χ1n) is 8.01. The van der Waals surface area contributed by atoms with Gasteiger partial charge < -0.3 is 10.6 Å². The van der Waals surface area contributed by atoms with Crippen molar-refractivity contribution in [3.8, 4) is 0 Å². The SMILES string of the molecule is O=C(Cc1ccccc1)NCC(=O)N[C@@H]1CCC[C@@H](C(F)(F)F)C1. The van der Waals surface area contributed by atoms with Crippen molar-refractivity contribution in [2.45, 2.75) is 44.3 Å². The van der Waals surface area contributed by atoms with Crippen molar-refractivity contribution in [2.24, 2.45) is 5.92 Å². The molecule has 0 bridgehead atoms. The number of halogens is 3. The molecule has 1 aromatic rings. The number of alkyl halides is 3. The zero-order chi connectivity index (χ0) is 17.6. The summed E-state index contributed by atoms with van der Waals surface area (Å²) in [6.45, 7) is -0.223. The standard InChI is InChI=1S/C17H21F3N2O2/c18-17(19,20)13-7-4-8-14(10-13)22-16(24)11-21-15(23)9-12-5-2-1-3-6-12/h1-3,5-6,13-14H,4,7-11H2,(H,21,23)(H,22,24)/t13-,14-/m1/s1. The molecule has 0 heterocycles. The molecule has 0 unspecified atom stereocenters. The second-order valence-electron chi connectivity index (χ2n) is 6.11. The van der Waals surface area contributed by atoms with E-state index in [9.17, 15) is 22.8 Å². The van der Waals surface area contributed by atoms with E-state index in [0.29, 0.717) is 12.8 Å². The van der Waals surface area contributed by atoms with Crippen LogP contribution in [-0.4, -0.2) is 30.6 Å². The number of carbonyl (C=O) groups is 2. The van der Waals surface area contributed by atoms with E-state index in [1.807, 2.05) is 18.2 Å². The van der Waals surface area contributed by atoms with E-state index >= 15 is 0 Å². The molecule has 132 valence electrons. The van der Waals surface area contributed by atoms with Gasteiger partial charge in [0.05, 0.1) is 18.9 Å². The molecule has 1 saturated carbocycles. The molecule has 0 radical (unpaired) electrons. The Morgan fingerprint density at radius 2 is 1.79 bits per heavy atom. The van der Waals surface area contributed by atoms with Crippen molar-refractivity contribution < 1.29 is 22.8 Å². The lowest BCUT2D eigenvalue weighted by Crippen LogP contribution is -2.45. The van der Waals surface area contributed by atoms with E-state index in [-0.39, 0.29) is 31.7 Å². The molecule has 4 nitrogen and oxygen atoms in total. The van der Waals surface area contributed by atoms with Crippen molar-refractivity contribution in [2.75, 3.05) is 6.54 Å². The minimum atomic E-state index is -4.21. The highest BCUT2D eigenvalue weighted by Crippen LogP contribution is 2.37. The van der Waals surface area contributed by atoms with E-state index in [4.69, 9.17) is 0 Å². The summed E-state index contributed by atoms with van der Waals surface area (Å²) in [4.78, 5) is 23.6. The predicted octanol–water partition coefficient (Wildman–Crippen LogP) is 2.58. The van der Waals surface area contributed by atoms with Gasteiger partial charge in [0.1, 0.15) is 0 Å². The van der Waals surface area contributed by atoms with Crippen LogP contribution in [-0.2, 0) is 16.0 Å². The van der Waals surface area contributed by atoms with E-state index in [1.165, 1.54) is 0 Å². The Labute approximate surface area is 138 Å². The van der Waals surface area contributed by atoms with Gasteiger partial charge >= 0.3 is 6.18 Å². The van der Waals surface area contributed by atoms with Crippen LogP contribution in [0.3, 0.4) is 0 Å². The number of carbonyl (C=O) groups excluding carboxylic acids is 2. The molecule has 2 N–H and O–H groups in total. The van der Waals surface area contributed by atoms with Gasteiger partial charge in [-0.2, -0.15) is 13.2 Å². The maximum Gasteiger partial charge on any atom is 0.391 e. The molecular formula is C17H21F3N2O2. The molecule has 2 atom stereocenters. The van der Waals surface area contributed by atoms with Crippen molar-refractivity contribution in [1.29, 1.82) is 0 Å².